The van der Waals surface area contributed by atoms with Gasteiger partial charge in [-0.2, -0.15) is 0 Å². The maximum Gasteiger partial charge on any atom is 0.340 e. The van der Waals surface area contributed by atoms with Crippen LogP contribution < -0.4 is 5.32 Å². The number of alkyl halides is 1. The standard InChI is InChI=1S/C13H13BrClNO3/c1-19-13(18)11-8(6-14)9(15)4-5-10(11)16-12(17)7-2-3-7/h4-5,7H,2-3,6H2,1H3,(H,16,17). The lowest BCUT2D eigenvalue weighted by molar-refractivity contribution is -0.117. The van der Waals surface area contributed by atoms with Gasteiger partial charge in [0.1, 0.15) is 0 Å². The molecule has 0 radical (unpaired) electrons. The highest BCUT2D eigenvalue weighted by Gasteiger charge is 2.31. The quantitative estimate of drug-likeness (QED) is 0.672. The molecule has 1 fully saturated rings. The number of nitrogens with one attached hydrogen (secondary N) is 1. The molecular formula is C13H13BrClNO3. The Balaban J connectivity index is 2.40. The van der Waals surface area contributed by atoms with Crippen LogP contribution in [0.1, 0.15) is 28.8 Å². The van der Waals surface area contributed by atoms with Gasteiger partial charge in [-0.1, -0.05) is 27.5 Å². The summed E-state index contributed by atoms with van der Waals surface area (Å²) in [6.07, 6.45) is 1.80. The van der Waals surface area contributed by atoms with Crippen molar-refractivity contribution in [3.63, 3.8) is 0 Å². The number of anilines is 1. The van der Waals surface area contributed by atoms with Crippen molar-refractivity contribution in [2.24, 2.45) is 5.92 Å². The Hall–Kier alpha value is -1.07. The maximum atomic E-state index is 11.9. The van der Waals surface area contributed by atoms with Crippen LogP contribution in [0.5, 0.6) is 0 Å². The van der Waals surface area contributed by atoms with E-state index in [2.05, 4.69) is 21.2 Å². The van der Waals surface area contributed by atoms with Crippen molar-refractivity contribution in [2.45, 2.75) is 18.2 Å². The summed E-state index contributed by atoms with van der Waals surface area (Å²) in [6, 6.07) is 3.29. The molecule has 0 heterocycles. The molecule has 19 heavy (non-hydrogen) atoms. The zero-order valence-corrected chi connectivity index (χ0v) is 12.7. The van der Waals surface area contributed by atoms with Gasteiger partial charge in [0.15, 0.2) is 0 Å². The number of carbonyl (C=O) groups is 2. The number of ether oxygens (including phenoxy) is 1. The van der Waals surface area contributed by atoms with Gasteiger partial charge in [-0.25, -0.2) is 4.79 Å². The summed E-state index contributed by atoms with van der Waals surface area (Å²) in [4.78, 5) is 23.7. The number of benzene rings is 1. The van der Waals surface area contributed by atoms with E-state index >= 15 is 0 Å². The van der Waals surface area contributed by atoms with Gasteiger partial charge in [-0.15, -0.1) is 0 Å². The van der Waals surface area contributed by atoms with Gasteiger partial charge in [-0.05, 0) is 30.5 Å². The molecule has 1 aliphatic carbocycles. The second-order valence-electron chi connectivity index (χ2n) is 4.34. The minimum atomic E-state index is -0.511. The Morgan fingerprint density at radius 1 is 1.47 bits per heavy atom. The molecule has 0 unspecified atom stereocenters. The van der Waals surface area contributed by atoms with Gasteiger partial charge in [-0.3, -0.25) is 4.79 Å². The lowest BCUT2D eigenvalue weighted by Gasteiger charge is -2.14. The van der Waals surface area contributed by atoms with Crippen molar-refractivity contribution in [2.75, 3.05) is 12.4 Å². The van der Waals surface area contributed by atoms with Crippen LogP contribution in [0.15, 0.2) is 12.1 Å². The molecule has 0 bridgehead atoms. The van der Waals surface area contributed by atoms with Crippen LogP contribution in [0.25, 0.3) is 0 Å². The summed E-state index contributed by atoms with van der Waals surface area (Å²) in [5.41, 5.74) is 1.37. The third-order valence-corrected chi connectivity index (χ3v) is 3.90. The fourth-order valence-electron chi connectivity index (χ4n) is 1.77. The highest BCUT2D eigenvalue weighted by molar-refractivity contribution is 9.08. The molecule has 0 atom stereocenters. The first kappa shape index (κ1) is 14.3. The average molecular weight is 347 g/mol. The van der Waals surface area contributed by atoms with E-state index in [1.165, 1.54) is 7.11 Å². The monoisotopic (exact) mass is 345 g/mol. The van der Waals surface area contributed by atoms with Crippen molar-refractivity contribution >= 4 is 45.1 Å². The second kappa shape index (κ2) is 5.92. The van der Waals surface area contributed by atoms with Crippen LogP contribution in [-0.4, -0.2) is 19.0 Å². The fraction of sp³-hybridized carbons (Fsp3) is 0.385. The van der Waals surface area contributed by atoms with Gasteiger partial charge in [0.25, 0.3) is 0 Å². The topological polar surface area (TPSA) is 55.4 Å². The van der Waals surface area contributed by atoms with E-state index in [9.17, 15) is 9.59 Å². The zero-order valence-electron chi connectivity index (χ0n) is 10.3. The number of hydrogen-bond donors (Lipinski definition) is 1. The van der Waals surface area contributed by atoms with Crippen LogP contribution in [0.4, 0.5) is 5.69 Å². The number of halogens is 2. The van der Waals surface area contributed by atoms with E-state index in [-0.39, 0.29) is 11.8 Å². The summed E-state index contributed by atoms with van der Waals surface area (Å²) in [6.45, 7) is 0. The lowest BCUT2D eigenvalue weighted by Crippen LogP contribution is -2.18. The summed E-state index contributed by atoms with van der Waals surface area (Å²) in [7, 11) is 1.30. The normalized spacial score (nSPS) is 14.1. The summed E-state index contributed by atoms with van der Waals surface area (Å²) in [5.74, 6) is -0.510. The highest BCUT2D eigenvalue weighted by Crippen LogP contribution is 2.33. The molecule has 1 saturated carbocycles. The molecule has 1 N–H and O–H groups in total. The number of hydrogen-bond acceptors (Lipinski definition) is 3. The third kappa shape index (κ3) is 3.09. The Morgan fingerprint density at radius 2 is 2.16 bits per heavy atom. The molecule has 2 rings (SSSR count). The molecular weight excluding hydrogens is 334 g/mol. The van der Waals surface area contributed by atoms with E-state index in [4.69, 9.17) is 16.3 Å². The summed E-state index contributed by atoms with van der Waals surface area (Å²) in [5, 5.41) is 3.64. The summed E-state index contributed by atoms with van der Waals surface area (Å²) >= 11 is 9.36. The third-order valence-electron chi connectivity index (χ3n) is 2.98. The number of carbonyl (C=O) groups excluding carboxylic acids is 2. The molecule has 102 valence electrons. The molecule has 0 aromatic heterocycles. The van der Waals surface area contributed by atoms with Crippen molar-refractivity contribution in [1.82, 2.24) is 0 Å². The van der Waals surface area contributed by atoms with Crippen molar-refractivity contribution in [1.29, 1.82) is 0 Å². The van der Waals surface area contributed by atoms with Crippen LogP contribution in [-0.2, 0) is 14.9 Å². The van der Waals surface area contributed by atoms with Crippen molar-refractivity contribution in [3.05, 3.63) is 28.3 Å². The Labute approximate surface area is 124 Å². The van der Waals surface area contributed by atoms with Crippen LogP contribution in [0.2, 0.25) is 5.02 Å². The molecule has 4 nitrogen and oxygen atoms in total. The molecule has 0 aliphatic heterocycles. The van der Waals surface area contributed by atoms with Gasteiger partial charge < -0.3 is 10.1 Å². The Bertz CT molecular complexity index is 529. The number of esters is 1. The van der Waals surface area contributed by atoms with Crippen LogP contribution >= 0.6 is 27.5 Å². The fourth-order valence-corrected chi connectivity index (χ4v) is 2.74. The van der Waals surface area contributed by atoms with Gasteiger partial charge in [0.05, 0.1) is 18.4 Å². The first-order valence-electron chi connectivity index (χ1n) is 5.85. The predicted molar refractivity (Wildman–Crippen MR) is 76.8 cm³/mol. The minimum Gasteiger partial charge on any atom is -0.465 e. The Morgan fingerprint density at radius 3 is 2.68 bits per heavy atom. The molecule has 6 heteroatoms. The SMILES string of the molecule is COC(=O)c1c(NC(=O)C2CC2)ccc(Cl)c1CBr. The Kier molecular flexibility index (Phi) is 4.47. The van der Waals surface area contributed by atoms with E-state index in [1.54, 1.807) is 12.1 Å². The maximum absolute atomic E-state index is 11.9. The van der Waals surface area contributed by atoms with Gasteiger partial charge in [0.2, 0.25) is 5.91 Å². The molecule has 1 amide bonds. The summed E-state index contributed by atoms with van der Waals surface area (Å²) < 4.78 is 4.76. The first-order valence-corrected chi connectivity index (χ1v) is 7.35. The van der Waals surface area contributed by atoms with E-state index in [1.807, 2.05) is 0 Å². The number of amides is 1. The van der Waals surface area contributed by atoms with E-state index < -0.39 is 5.97 Å². The molecule has 0 saturated heterocycles. The molecule has 0 spiro atoms. The van der Waals surface area contributed by atoms with Crippen molar-refractivity contribution < 1.29 is 14.3 Å². The average Bonchev–Trinajstić information content (AvgIpc) is 3.23. The van der Waals surface area contributed by atoms with Crippen LogP contribution in [0, 0.1) is 5.92 Å². The van der Waals surface area contributed by atoms with Gasteiger partial charge >= 0.3 is 5.97 Å². The smallest absolute Gasteiger partial charge is 0.340 e. The molecule has 1 aliphatic rings. The first-order chi connectivity index (χ1) is 9.08. The highest BCUT2D eigenvalue weighted by atomic mass is 79.9. The van der Waals surface area contributed by atoms with E-state index in [0.29, 0.717) is 27.2 Å². The minimum absolute atomic E-state index is 0.0620. The number of rotatable bonds is 4. The zero-order chi connectivity index (χ0) is 14.0. The molecule has 1 aromatic carbocycles. The largest absolute Gasteiger partial charge is 0.465 e. The van der Waals surface area contributed by atoms with E-state index in [0.717, 1.165) is 12.8 Å². The molecule has 1 aromatic rings. The van der Waals surface area contributed by atoms with Gasteiger partial charge in [0, 0.05) is 16.3 Å². The lowest BCUT2D eigenvalue weighted by atomic mass is 10.1. The second-order valence-corrected chi connectivity index (χ2v) is 5.31. The number of methoxy groups -OCH3 is 1. The predicted octanol–water partition coefficient (Wildman–Crippen LogP) is 3.37. The van der Waals surface area contributed by atoms with Crippen molar-refractivity contribution in [3.8, 4) is 0 Å². The van der Waals surface area contributed by atoms with Crippen LogP contribution in [0.3, 0.4) is 0 Å².